The summed E-state index contributed by atoms with van der Waals surface area (Å²) in [5.41, 5.74) is -0.530. The van der Waals surface area contributed by atoms with Crippen LogP contribution in [0, 0.1) is 4.91 Å². The summed E-state index contributed by atoms with van der Waals surface area (Å²) in [4.78, 5) is 34.0. The van der Waals surface area contributed by atoms with Gasteiger partial charge in [-0.25, -0.2) is 4.79 Å². The highest BCUT2D eigenvalue weighted by atomic mass is 32.2. The standard InChI is InChI=1S/C10H15N3O3S/c1-4-5-17-9-7(6-11-16)8(14)12(2)10(15)13(9)3/h4-6H2,1-3H3. The molecule has 1 aromatic heterocycles. The molecule has 0 saturated carbocycles. The maximum absolute atomic E-state index is 11.9. The first kappa shape index (κ1) is 13.7. The van der Waals surface area contributed by atoms with Crippen LogP contribution >= 0.6 is 11.8 Å². The van der Waals surface area contributed by atoms with Crippen molar-refractivity contribution in [3.05, 3.63) is 31.3 Å². The lowest BCUT2D eigenvalue weighted by molar-refractivity contribution is 0.614. The maximum Gasteiger partial charge on any atom is 0.331 e. The minimum Gasteiger partial charge on any atom is -0.291 e. The molecule has 1 aromatic rings. The lowest BCUT2D eigenvalue weighted by Gasteiger charge is -2.12. The van der Waals surface area contributed by atoms with E-state index in [1.807, 2.05) is 6.92 Å². The van der Waals surface area contributed by atoms with E-state index in [1.54, 1.807) is 7.05 Å². The molecule has 0 N–H and O–H groups in total. The minimum atomic E-state index is -0.439. The van der Waals surface area contributed by atoms with Gasteiger partial charge >= 0.3 is 5.69 Å². The lowest BCUT2D eigenvalue weighted by atomic mass is 10.3. The Morgan fingerprint density at radius 3 is 2.41 bits per heavy atom. The van der Waals surface area contributed by atoms with E-state index in [0.29, 0.717) is 10.6 Å². The molecule has 6 nitrogen and oxygen atoms in total. The first-order valence-electron chi connectivity index (χ1n) is 5.25. The number of nitroso groups, excluding NO2 is 1. The third-order valence-electron chi connectivity index (χ3n) is 2.37. The third-order valence-corrected chi connectivity index (χ3v) is 3.77. The largest absolute Gasteiger partial charge is 0.331 e. The van der Waals surface area contributed by atoms with Gasteiger partial charge in [0.15, 0.2) is 0 Å². The zero-order valence-electron chi connectivity index (χ0n) is 10.1. The van der Waals surface area contributed by atoms with Crippen molar-refractivity contribution in [1.82, 2.24) is 9.13 Å². The molecule has 0 bridgehead atoms. The molecular formula is C10H15N3O3S. The molecule has 0 aromatic carbocycles. The molecule has 0 saturated heterocycles. The van der Waals surface area contributed by atoms with Gasteiger partial charge in [-0.2, -0.15) is 4.91 Å². The van der Waals surface area contributed by atoms with E-state index in [2.05, 4.69) is 5.18 Å². The first-order chi connectivity index (χ1) is 8.04. The third kappa shape index (κ3) is 2.66. The van der Waals surface area contributed by atoms with Crippen molar-refractivity contribution in [1.29, 1.82) is 0 Å². The second kappa shape index (κ2) is 5.81. The van der Waals surface area contributed by atoms with Crippen LogP contribution in [0.2, 0.25) is 0 Å². The zero-order valence-corrected chi connectivity index (χ0v) is 10.9. The molecule has 0 aliphatic carbocycles. The van der Waals surface area contributed by atoms with Crippen molar-refractivity contribution in [3.8, 4) is 0 Å². The van der Waals surface area contributed by atoms with E-state index in [4.69, 9.17) is 0 Å². The number of rotatable bonds is 5. The Balaban J connectivity index is 3.47. The number of nitrogens with zero attached hydrogens (tertiary/aromatic N) is 3. The summed E-state index contributed by atoms with van der Waals surface area (Å²) in [7, 11) is 2.99. The molecule has 1 rings (SSSR count). The van der Waals surface area contributed by atoms with Gasteiger partial charge < -0.3 is 0 Å². The average molecular weight is 257 g/mol. The lowest BCUT2D eigenvalue weighted by Crippen LogP contribution is -2.39. The smallest absolute Gasteiger partial charge is 0.291 e. The summed E-state index contributed by atoms with van der Waals surface area (Å²) in [5, 5.41) is 3.30. The second-order valence-corrected chi connectivity index (χ2v) is 4.71. The van der Waals surface area contributed by atoms with Crippen molar-refractivity contribution in [2.45, 2.75) is 24.9 Å². The highest BCUT2D eigenvalue weighted by molar-refractivity contribution is 7.99. The molecule has 0 unspecified atom stereocenters. The van der Waals surface area contributed by atoms with Crippen LogP contribution in [0.15, 0.2) is 19.8 Å². The Morgan fingerprint density at radius 1 is 1.24 bits per heavy atom. The predicted molar refractivity (Wildman–Crippen MR) is 67.4 cm³/mol. The van der Waals surface area contributed by atoms with Gasteiger partial charge in [0.1, 0.15) is 6.54 Å². The van der Waals surface area contributed by atoms with Gasteiger partial charge in [0.25, 0.3) is 5.56 Å². The van der Waals surface area contributed by atoms with Crippen LogP contribution in [-0.2, 0) is 20.6 Å². The number of aromatic nitrogens is 2. The van der Waals surface area contributed by atoms with E-state index in [1.165, 1.54) is 23.4 Å². The fraction of sp³-hybridized carbons (Fsp3) is 0.600. The predicted octanol–water partition coefficient (Wildman–Crippen LogP) is 0.852. The molecule has 0 atom stereocenters. The Labute approximate surface area is 103 Å². The van der Waals surface area contributed by atoms with E-state index < -0.39 is 5.56 Å². The molecule has 0 radical (unpaired) electrons. The topological polar surface area (TPSA) is 73.4 Å². The quantitative estimate of drug-likeness (QED) is 0.445. The Kier molecular flexibility index (Phi) is 4.68. The van der Waals surface area contributed by atoms with Gasteiger partial charge in [-0.3, -0.25) is 13.9 Å². The SMILES string of the molecule is CCCSc1c(CN=O)c(=O)n(C)c(=O)n1C. The zero-order chi connectivity index (χ0) is 13.0. The van der Waals surface area contributed by atoms with E-state index in [-0.39, 0.29) is 12.2 Å². The van der Waals surface area contributed by atoms with E-state index in [9.17, 15) is 14.5 Å². The summed E-state index contributed by atoms with van der Waals surface area (Å²) < 4.78 is 2.39. The molecule has 1 heterocycles. The van der Waals surface area contributed by atoms with Gasteiger partial charge in [-0.05, 0) is 12.2 Å². The highest BCUT2D eigenvalue weighted by Gasteiger charge is 2.15. The summed E-state index contributed by atoms with van der Waals surface area (Å²) >= 11 is 1.40. The molecule has 0 amide bonds. The molecule has 0 spiro atoms. The number of hydrogen-bond donors (Lipinski definition) is 0. The molecular weight excluding hydrogens is 242 g/mol. The van der Waals surface area contributed by atoms with Gasteiger partial charge in [-0.15, -0.1) is 11.8 Å². The Bertz CT molecular complexity index is 533. The summed E-state index contributed by atoms with van der Waals surface area (Å²) in [6, 6.07) is 0. The number of thioether (sulfide) groups is 1. The molecule has 17 heavy (non-hydrogen) atoms. The van der Waals surface area contributed by atoms with Gasteiger partial charge in [-0.1, -0.05) is 12.1 Å². The van der Waals surface area contributed by atoms with Crippen molar-refractivity contribution in [2.75, 3.05) is 5.75 Å². The van der Waals surface area contributed by atoms with Crippen LogP contribution in [0.3, 0.4) is 0 Å². The summed E-state index contributed by atoms with van der Waals surface area (Å²) in [6.45, 7) is 1.80. The van der Waals surface area contributed by atoms with Crippen LogP contribution in [-0.4, -0.2) is 14.9 Å². The van der Waals surface area contributed by atoms with Crippen molar-refractivity contribution in [3.63, 3.8) is 0 Å². The van der Waals surface area contributed by atoms with Crippen molar-refractivity contribution >= 4 is 11.8 Å². The van der Waals surface area contributed by atoms with Crippen LogP contribution < -0.4 is 11.2 Å². The monoisotopic (exact) mass is 257 g/mol. The van der Waals surface area contributed by atoms with Gasteiger partial charge in [0, 0.05) is 14.1 Å². The Hall–Kier alpha value is -1.37. The van der Waals surface area contributed by atoms with Gasteiger partial charge in [0.2, 0.25) is 0 Å². The molecule has 7 heteroatoms. The summed E-state index contributed by atoms with van der Waals surface area (Å²) in [5.74, 6) is 0.784. The number of hydrogen-bond acceptors (Lipinski definition) is 5. The molecule has 0 aliphatic heterocycles. The molecule has 0 fully saturated rings. The summed E-state index contributed by atoms with van der Waals surface area (Å²) in [6.07, 6.45) is 0.919. The van der Waals surface area contributed by atoms with E-state index >= 15 is 0 Å². The Morgan fingerprint density at radius 2 is 1.88 bits per heavy atom. The van der Waals surface area contributed by atoms with Crippen molar-refractivity contribution < 1.29 is 0 Å². The normalized spacial score (nSPS) is 10.5. The first-order valence-corrected chi connectivity index (χ1v) is 6.23. The highest BCUT2D eigenvalue weighted by Crippen LogP contribution is 2.19. The van der Waals surface area contributed by atoms with Crippen LogP contribution in [0.1, 0.15) is 18.9 Å². The van der Waals surface area contributed by atoms with Crippen LogP contribution in [0.4, 0.5) is 0 Å². The molecule has 0 aliphatic rings. The molecule has 94 valence electrons. The fourth-order valence-electron chi connectivity index (χ4n) is 1.48. The van der Waals surface area contributed by atoms with E-state index in [0.717, 1.165) is 16.7 Å². The second-order valence-electron chi connectivity index (χ2n) is 3.63. The minimum absolute atomic E-state index is 0.202. The van der Waals surface area contributed by atoms with Crippen LogP contribution in [0.5, 0.6) is 0 Å². The van der Waals surface area contributed by atoms with Gasteiger partial charge in [0.05, 0.1) is 10.6 Å². The fourth-order valence-corrected chi connectivity index (χ4v) is 2.47. The average Bonchev–Trinajstić information content (AvgIpc) is 2.33. The van der Waals surface area contributed by atoms with Crippen molar-refractivity contribution in [2.24, 2.45) is 19.3 Å². The van der Waals surface area contributed by atoms with Crippen LogP contribution in [0.25, 0.3) is 0 Å². The maximum atomic E-state index is 11.9.